The molecule has 21 heavy (non-hydrogen) atoms. The van der Waals surface area contributed by atoms with Gasteiger partial charge in [0.25, 0.3) is 0 Å². The molecule has 4 saturated carbocycles. The summed E-state index contributed by atoms with van der Waals surface area (Å²) in [6.07, 6.45) is 11.1. The van der Waals surface area contributed by atoms with E-state index in [1.54, 1.807) is 6.20 Å². The number of ether oxygens (including phenoxy) is 1. The van der Waals surface area contributed by atoms with E-state index in [9.17, 15) is 4.79 Å². The maximum absolute atomic E-state index is 11.6. The van der Waals surface area contributed by atoms with Crippen molar-refractivity contribution in [2.45, 2.75) is 44.1 Å². The van der Waals surface area contributed by atoms with Crippen LogP contribution in [-0.2, 0) is 4.74 Å². The fraction of sp³-hybridized carbons (Fsp3) is 0.688. The minimum atomic E-state index is -0.434. The van der Waals surface area contributed by atoms with Gasteiger partial charge in [0.05, 0.1) is 19.5 Å². The van der Waals surface area contributed by atoms with Crippen LogP contribution in [0.25, 0.3) is 0 Å². The van der Waals surface area contributed by atoms with Crippen LogP contribution in [0, 0.1) is 17.8 Å². The minimum Gasteiger partial charge on any atom is -0.464 e. The summed E-state index contributed by atoms with van der Waals surface area (Å²) in [6, 6.07) is 0. The molecular weight excluding hydrogens is 266 g/mol. The number of rotatable bonds is 3. The molecular formula is C16H21N3O2. The van der Waals surface area contributed by atoms with Crippen molar-refractivity contribution in [3.05, 3.63) is 18.1 Å². The smallest absolute Gasteiger partial charge is 0.358 e. The number of methoxy groups -OCH3 is 1. The molecule has 0 aliphatic heterocycles. The van der Waals surface area contributed by atoms with E-state index in [0.29, 0.717) is 5.82 Å². The largest absolute Gasteiger partial charge is 0.464 e. The maximum atomic E-state index is 11.6. The van der Waals surface area contributed by atoms with Crippen LogP contribution in [0.15, 0.2) is 12.4 Å². The topological polar surface area (TPSA) is 64.1 Å². The van der Waals surface area contributed by atoms with Gasteiger partial charge in [-0.15, -0.1) is 0 Å². The Morgan fingerprint density at radius 1 is 1.19 bits per heavy atom. The molecule has 5 rings (SSSR count). The van der Waals surface area contributed by atoms with E-state index < -0.39 is 5.97 Å². The third kappa shape index (κ3) is 2.28. The molecule has 5 heteroatoms. The predicted molar refractivity (Wildman–Crippen MR) is 77.9 cm³/mol. The summed E-state index contributed by atoms with van der Waals surface area (Å²) < 4.78 is 4.72. The average molecular weight is 287 g/mol. The number of hydrogen-bond acceptors (Lipinski definition) is 5. The first-order valence-corrected chi connectivity index (χ1v) is 7.84. The fourth-order valence-electron chi connectivity index (χ4n) is 5.16. The standard InChI is InChI=1S/C16H21N3O2/c1-21-15(20)13-8-17-9-14(18-13)19-16-5-10-2-11(6-16)4-12(3-10)7-16/h8-12H,2-7H2,1H3,(H,18,19). The fourth-order valence-corrected chi connectivity index (χ4v) is 5.16. The van der Waals surface area contributed by atoms with Gasteiger partial charge in [-0.1, -0.05) is 0 Å². The number of carbonyl (C=O) groups excluding carboxylic acids is 1. The Hall–Kier alpha value is -1.65. The van der Waals surface area contributed by atoms with Crippen LogP contribution in [0.4, 0.5) is 5.82 Å². The molecule has 0 amide bonds. The van der Waals surface area contributed by atoms with E-state index in [2.05, 4.69) is 15.3 Å². The lowest BCUT2D eigenvalue weighted by molar-refractivity contribution is 0.0105. The van der Waals surface area contributed by atoms with Gasteiger partial charge in [0, 0.05) is 5.54 Å². The summed E-state index contributed by atoms with van der Waals surface area (Å²) in [5.41, 5.74) is 0.449. The molecule has 1 heterocycles. The summed E-state index contributed by atoms with van der Waals surface area (Å²) >= 11 is 0. The van der Waals surface area contributed by atoms with Gasteiger partial charge in [0.2, 0.25) is 0 Å². The van der Waals surface area contributed by atoms with Crippen molar-refractivity contribution in [1.29, 1.82) is 0 Å². The predicted octanol–water partition coefficient (Wildman–Crippen LogP) is 2.64. The van der Waals surface area contributed by atoms with Crippen LogP contribution < -0.4 is 5.32 Å². The minimum absolute atomic E-state index is 0.179. The maximum Gasteiger partial charge on any atom is 0.358 e. The molecule has 112 valence electrons. The van der Waals surface area contributed by atoms with Crippen LogP contribution in [0.3, 0.4) is 0 Å². The first kappa shape index (κ1) is 13.0. The molecule has 5 nitrogen and oxygen atoms in total. The van der Waals surface area contributed by atoms with Gasteiger partial charge in [0.1, 0.15) is 5.82 Å². The quantitative estimate of drug-likeness (QED) is 0.866. The highest BCUT2D eigenvalue weighted by molar-refractivity contribution is 5.87. The Bertz CT molecular complexity index is 537. The lowest BCUT2D eigenvalue weighted by Crippen LogP contribution is -2.54. The summed E-state index contributed by atoms with van der Waals surface area (Å²) in [4.78, 5) is 20.1. The Balaban J connectivity index is 1.57. The number of aromatic nitrogens is 2. The highest BCUT2D eigenvalue weighted by Crippen LogP contribution is 2.56. The SMILES string of the molecule is COC(=O)c1cncc(NC23CC4CC(CC(C4)C2)C3)n1. The molecule has 1 aromatic heterocycles. The van der Waals surface area contributed by atoms with E-state index in [1.807, 2.05) is 0 Å². The zero-order valence-electron chi connectivity index (χ0n) is 12.3. The summed E-state index contributed by atoms with van der Waals surface area (Å²) in [7, 11) is 1.36. The van der Waals surface area contributed by atoms with E-state index in [0.717, 1.165) is 17.8 Å². The van der Waals surface area contributed by atoms with Gasteiger partial charge >= 0.3 is 5.97 Å². The van der Waals surface area contributed by atoms with Crippen LogP contribution in [0.5, 0.6) is 0 Å². The first-order chi connectivity index (χ1) is 10.2. The molecule has 4 aliphatic rings. The van der Waals surface area contributed by atoms with Crippen molar-refractivity contribution < 1.29 is 9.53 Å². The number of carbonyl (C=O) groups is 1. The highest BCUT2D eigenvalue weighted by Gasteiger charge is 2.51. The number of anilines is 1. The van der Waals surface area contributed by atoms with Gasteiger partial charge in [-0.05, 0) is 56.3 Å². The van der Waals surface area contributed by atoms with Crippen LogP contribution in [0.2, 0.25) is 0 Å². The van der Waals surface area contributed by atoms with Crippen molar-refractivity contribution in [2.24, 2.45) is 17.8 Å². The van der Waals surface area contributed by atoms with Crippen LogP contribution in [0.1, 0.15) is 49.0 Å². The molecule has 0 radical (unpaired) electrons. The van der Waals surface area contributed by atoms with Gasteiger partial charge in [-0.25, -0.2) is 9.78 Å². The Kier molecular flexibility index (Phi) is 2.91. The lowest BCUT2D eigenvalue weighted by Gasteiger charge is -2.57. The van der Waals surface area contributed by atoms with Crippen molar-refractivity contribution in [3.63, 3.8) is 0 Å². The summed E-state index contributed by atoms with van der Waals surface area (Å²) in [6.45, 7) is 0. The molecule has 0 atom stereocenters. The monoisotopic (exact) mass is 287 g/mol. The molecule has 1 N–H and O–H groups in total. The van der Waals surface area contributed by atoms with Crippen molar-refractivity contribution in [3.8, 4) is 0 Å². The van der Waals surface area contributed by atoms with Crippen molar-refractivity contribution in [1.82, 2.24) is 9.97 Å². The second-order valence-electron chi connectivity index (χ2n) is 7.10. The van der Waals surface area contributed by atoms with E-state index >= 15 is 0 Å². The molecule has 4 fully saturated rings. The molecule has 0 spiro atoms. The number of hydrogen-bond donors (Lipinski definition) is 1. The number of nitrogens with one attached hydrogen (secondary N) is 1. The number of esters is 1. The normalized spacial score (nSPS) is 36.5. The van der Waals surface area contributed by atoms with Gasteiger partial charge in [-0.3, -0.25) is 4.98 Å². The van der Waals surface area contributed by atoms with Gasteiger partial charge in [0.15, 0.2) is 5.69 Å². The first-order valence-electron chi connectivity index (χ1n) is 7.84. The molecule has 0 unspecified atom stereocenters. The third-order valence-corrected chi connectivity index (χ3v) is 5.46. The molecule has 4 bridgehead atoms. The Morgan fingerprint density at radius 2 is 1.81 bits per heavy atom. The molecule has 0 saturated heterocycles. The van der Waals surface area contributed by atoms with Gasteiger partial charge < -0.3 is 10.1 Å². The second-order valence-corrected chi connectivity index (χ2v) is 7.10. The Labute approximate surface area is 124 Å². The van der Waals surface area contributed by atoms with E-state index in [-0.39, 0.29) is 11.2 Å². The molecule has 4 aliphatic carbocycles. The summed E-state index contributed by atoms with van der Waals surface area (Å²) in [5, 5.41) is 3.62. The third-order valence-electron chi connectivity index (χ3n) is 5.46. The zero-order chi connectivity index (χ0) is 14.4. The van der Waals surface area contributed by atoms with Crippen LogP contribution in [-0.4, -0.2) is 28.6 Å². The zero-order valence-corrected chi connectivity index (χ0v) is 12.3. The second kappa shape index (κ2) is 4.68. The summed E-state index contributed by atoms with van der Waals surface area (Å²) in [5.74, 6) is 2.90. The van der Waals surface area contributed by atoms with Crippen LogP contribution >= 0.6 is 0 Å². The van der Waals surface area contributed by atoms with Crippen molar-refractivity contribution >= 4 is 11.8 Å². The Morgan fingerprint density at radius 3 is 2.38 bits per heavy atom. The lowest BCUT2D eigenvalue weighted by atomic mass is 9.53. The van der Waals surface area contributed by atoms with E-state index in [4.69, 9.17) is 4.74 Å². The highest BCUT2D eigenvalue weighted by atomic mass is 16.5. The number of nitrogens with zero attached hydrogens (tertiary/aromatic N) is 2. The van der Waals surface area contributed by atoms with Crippen molar-refractivity contribution in [2.75, 3.05) is 12.4 Å². The molecule has 1 aromatic rings. The molecule has 0 aromatic carbocycles. The van der Waals surface area contributed by atoms with E-state index in [1.165, 1.54) is 51.8 Å². The van der Waals surface area contributed by atoms with Gasteiger partial charge in [-0.2, -0.15) is 0 Å². The average Bonchev–Trinajstić information content (AvgIpc) is 2.44.